The minimum Gasteiger partial charge on any atom is -0.330 e. The molecular formula is C13H19Cl2FN2. The van der Waals surface area contributed by atoms with E-state index in [-0.39, 0.29) is 18.2 Å². The third-order valence-corrected chi connectivity index (χ3v) is 3.87. The zero-order chi connectivity index (χ0) is 12.4. The third kappa shape index (κ3) is 3.58. The normalized spacial score (nSPS) is 24.0. The molecule has 1 aromatic carbocycles. The molecule has 1 aromatic rings. The van der Waals surface area contributed by atoms with Gasteiger partial charge in [0.15, 0.2) is 0 Å². The Hall–Kier alpha value is -0.350. The van der Waals surface area contributed by atoms with Crippen molar-refractivity contribution >= 4 is 24.0 Å². The van der Waals surface area contributed by atoms with Gasteiger partial charge in [0.25, 0.3) is 0 Å². The molecule has 2 nitrogen and oxygen atoms in total. The summed E-state index contributed by atoms with van der Waals surface area (Å²) in [6, 6.07) is 5.02. The summed E-state index contributed by atoms with van der Waals surface area (Å²) < 4.78 is 13.2. The van der Waals surface area contributed by atoms with E-state index >= 15 is 0 Å². The summed E-state index contributed by atoms with van der Waals surface area (Å²) >= 11 is 6.07. The van der Waals surface area contributed by atoms with Crippen LogP contribution in [0.4, 0.5) is 4.39 Å². The molecule has 1 aliphatic rings. The van der Waals surface area contributed by atoms with Crippen molar-refractivity contribution < 1.29 is 4.39 Å². The first-order valence-corrected chi connectivity index (χ1v) is 6.36. The number of nitrogens with zero attached hydrogens (tertiary/aromatic N) is 1. The first-order chi connectivity index (χ1) is 8.10. The quantitative estimate of drug-likeness (QED) is 0.928. The van der Waals surface area contributed by atoms with Crippen molar-refractivity contribution in [3.63, 3.8) is 0 Å². The average Bonchev–Trinajstić information content (AvgIpc) is 2.65. The molecule has 102 valence electrons. The van der Waals surface area contributed by atoms with Gasteiger partial charge in [-0.3, -0.25) is 4.90 Å². The molecule has 1 fully saturated rings. The van der Waals surface area contributed by atoms with Crippen LogP contribution >= 0.6 is 24.0 Å². The molecule has 2 unspecified atom stereocenters. The number of nitrogens with two attached hydrogens (primary N) is 1. The van der Waals surface area contributed by atoms with Crippen molar-refractivity contribution in [2.45, 2.75) is 25.9 Å². The van der Waals surface area contributed by atoms with E-state index < -0.39 is 0 Å². The summed E-state index contributed by atoms with van der Waals surface area (Å²) in [6.07, 6.45) is 1.11. The molecule has 2 atom stereocenters. The van der Waals surface area contributed by atoms with E-state index in [1.807, 2.05) is 0 Å². The largest absolute Gasteiger partial charge is 0.330 e. The van der Waals surface area contributed by atoms with Crippen LogP contribution in [-0.4, -0.2) is 24.0 Å². The van der Waals surface area contributed by atoms with E-state index in [0.29, 0.717) is 23.5 Å². The fourth-order valence-corrected chi connectivity index (χ4v) is 2.67. The Morgan fingerprint density at radius 2 is 2.22 bits per heavy atom. The van der Waals surface area contributed by atoms with Crippen LogP contribution in [0.1, 0.15) is 18.9 Å². The second-order valence-corrected chi connectivity index (χ2v) is 5.26. The Balaban J connectivity index is 0.00000162. The van der Waals surface area contributed by atoms with E-state index in [9.17, 15) is 4.39 Å². The van der Waals surface area contributed by atoms with Crippen LogP contribution in [0, 0.1) is 11.7 Å². The van der Waals surface area contributed by atoms with Gasteiger partial charge in [-0.2, -0.15) is 0 Å². The van der Waals surface area contributed by atoms with Gasteiger partial charge in [0.05, 0.1) is 0 Å². The van der Waals surface area contributed by atoms with Crippen LogP contribution in [0.25, 0.3) is 0 Å². The van der Waals surface area contributed by atoms with Crippen molar-refractivity contribution in [1.29, 1.82) is 0 Å². The topological polar surface area (TPSA) is 29.3 Å². The maximum Gasteiger partial charge on any atom is 0.123 e. The predicted octanol–water partition coefficient (Wildman–Crippen LogP) is 3.07. The van der Waals surface area contributed by atoms with Crippen LogP contribution in [0.15, 0.2) is 18.2 Å². The molecule has 0 amide bonds. The van der Waals surface area contributed by atoms with Gasteiger partial charge in [0.1, 0.15) is 5.82 Å². The number of rotatable bonds is 3. The van der Waals surface area contributed by atoms with E-state index in [1.54, 1.807) is 6.07 Å². The smallest absolute Gasteiger partial charge is 0.123 e. The fraction of sp³-hybridized carbons (Fsp3) is 0.538. The number of hydrogen-bond acceptors (Lipinski definition) is 2. The van der Waals surface area contributed by atoms with Crippen molar-refractivity contribution in [2.75, 3.05) is 13.1 Å². The molecule has 0 saturated carbocycles. The predicted molar refractivity (Wildman–Crippen MR) is 75.7 cm³/mol. The molecule has 1 aliphatic heterocycles. The van der Waals surface area contributed by atoms with Crippen LogP contribution < -0.4 is 5.73 Å². The molecule has 5 heteroatoms. The monoisotopic (exact) mass is 292 g/mol. The molecule has 0 radical (unpaired) electrons. The lowest BCUT2D eigenvalue weighted by atomic mass is 10.1. The third-order valence-electron chi connectivity index (χ3n) is 3.51. The number of likely N-dealkylation sites (tertiary alicyclic amines) is 1. The molecule has 0 aromatic heterocycles. The van der Waals surface area contributed by atoms with Gasteiger partial charge in [0.2, 0.25) is 0 Å². The minimum atomic E-state index is -0.230. The Kier molecular flexibility index (Phi) is 5.86. The van der Waals surface area contributed by atoms with Crippen molar-refractivity contribution in [2.24, 2.45) is 11.7 Å². The Labute approximate surface area is 119 Å². The number of hydrogen-bond donors (Lipinski definition) is 1. The Morgan fingerprint density at radius 3 is 2.83 bits per heavy atom. The van der Waals surface area contributed by atoms with Crippen LogP contribution in [0.2, 0.25) is 5.02 Å². The lowest BCUT2D eigenvalue weighted by Crippen LogP contribution is -2.27. The van der Waals surface area contributed by atoms with E-state index in [1.165, 1.54) is 12.1 Å². The van der Waals surface area contributed by atoms with Crippen LogP contribution in [-0.2, 0) is 6.54 Å². The summed E-state index contributed by atoms with van der Waals surface area (Å²) in [5.74, 6) is 0.323. The first kappa shape index (κ1) is 15.7. The first-order valence-electron chi connectivity index (χ1n) is 5.98. The van der Waals surface area contributed by atoms with Crippen molar-refractivity contribution in [3.05, 3.63) is 34.6 Å². The van der Waals surface area contributed by atoms with Gasteiger partial charge in [-0.25, -0.2) is 4.39 Å². The average molecular weight is 293 g/mol. The second-order valence-electron chi connectivity index (χ2n) is 4.85. The molecule has 0 aliphatic carbocycles. The Bertz CT molecular complexity index is 401. The van der Waals surface area contributed by atoms with Crippen LogP contribution in [0.3, 0.4) is 0 Å². The van der Waals surface area contributed by atoms with Gasteiger partial charge >= 0.3 is 0 Å². The lowest BCUT2D eigenvalue weighted by molar-refractivity contribution is 0.255. The highest BCUT2D eigenvalue weighted by molar-refractivity contribution is 6.31. The minimum absolute atomic E-state index is 0. The fourth-order valence-electron chi connectivity index (χ4n) is 2.49. The lowest BCUT2D eigenvalue weighted by Gasteiger charge is -2.21. The summed E-state index contributed by atoms with van der Waals surface area (Å²) in [5.41, 5.74) is 6.55. The van der Waals surface area contributed by atoms with Gasteiger partial charge in [0, 0.05) is 24.2 Å². The summed E-state index contributed by atoms with van der Waals surface area (Å²) in [7, 11) is 0. The maximum atomic E-state index is 13.2. The van der Waals surface area contributed by atoms with Gasteiger partial charge in [-0.05, 0) is 49.6 Å². The molecular weight excluding hydrogens is 274 g/mol. The zero-order valence-corrected chi connectivity index (χ0v) is 12.0. The van der Waals surface area contributed by atoms with Crippen molar-refractivity contribution in [1.82, 2.24) is 4.90 Å². The molecule has 2 rings (SSSR count). The van der Waals surface area contributed by atoms with E-state index in [4.69, 9.17) is 17.3 Å². The zero-order valence-electron chi connectivity index (χ0n) is 10.4. The number of benzene rings is 1. The van der Waals surface area contributed by atoms with Crippen molar-refractivity contribution in [3.8, 4) is 0 Å². The van der Waals surface area contributed by atoms with Gasteiger partial charge in [-0.15, -0.1) is 12.4 Å². The van der Waals surface area contributed by atoms with Crippen LogP contribution in [0.5, 0.6) is 0 Å². The highest BCUT2D eigenvalue weighted by Crippen LogP contribution is 2.26. The van der Waals surface area contributed by atoms with E-state index in [2.05, 4.69) is 11.8 Å². The highest BCUT2D eigenvalue weighted by Gasteiger charge is 2.28. The van der Waals surface area contributed by atoms with E-state index in [0.717, 1.165) is 25.1 Å². The van der Waals surface area contributed by atoms with Gasteiger partial charge in [-0.1, -0.05) is 11.6 Å². The highest BCUT2D eigenvalue weighted by atomic mass is 35.5. The summed E-state index contributed by atoms with van der Waals surface area (Å²) in [6.45, 7) is 4.58. The molecule has 2 N–H and O–H groups in total. The molecule has 0 spiro atoms. The number of halogens is 3. The SMILES string of the molecule is CC1CC(CN)CN1Cc1cc(F)ccc1Cl.Cl. The molecule has 1 saturated heterocycles. The summed E-state index contributed by atoms with van der Waals surface area (Å²) in [4.78, 5) is 2.32. The second kappa shape index (κ2) is 6.71. The molecule has 0 bridgehead atoms. The molecule has 1 heterocycles. The summed E-state index contributed by atoms with van der Waals surface area (Å²) in [5, 5.41) is 0.634. The standard InChI is InChI=1S/C13H18ClFN2.ClH/c1-9-4-10(6-16)7-17(9)8-11-5-12(15)2-3-13(11)14;/h2-3,5,9-10H,4,6-8,16H2,1H3;1H. The van der Waals surface area contributed by atoms with Gasteiger partial charge < -0.3 is 5.73 Å². The molecule has 18 heavy (non-hydrogen) atoms. The Morgan fingerprint density at radius 1 is 1.50 bits per heavy atom. The maximum absolute atomic E-state index is 13.2.